The van der Waals surface area contributed by atoms with Gasteiger partial charge in [0.05, 0.1) is 6.10 Å². The van der Waals surface area contributed by atoms with E-state index in [0.29, 0.717) is 5.56 Å². The van der Waals surface area contributed by atoms with Crippen LogP contribution in [-0.4, -0.2) is 69.3 Å². The third-order valence-electron chi connectivity index (χ3n) is 5.49. The molecule has 3 amide bonds. The van der Waals surface area contributed by atoms with Crippen molar-refractivity contribution in [3.8, 4) is 5.75 Å². The number of carbonyl (C=O) groups is 4. The predicted molar refractivity (Wildman–Crippen MR) is 134 cm³/mol. The van der Waals surface area contributed by atoms with E-state index in [1.165, 1.54) is 19.1 Å². The number of phenols is 1. The van der Waals surface area contributed by atoms with Crippen LogP contribution in [0.15, 0.2) is 24.3 Å². The van der Waals surface area contributed by atoms with Crippen molar-refractivity contribution < 1.29 is 34.5 Å². The van der Waals surface area contributed by atoms with Crippen molar-refractivity contribution in [1.29, 1.82) is 0 Å². The summed E-state index contributed by atoms with van der Waals surface area (Å²) in [6.07, 6.45) is -0.640. The van der Waals surface area contributed by atoms with Crippen LogP contribution in [0.3, 0.4) is 0 Å². The molecule has 36 heavy (non-hydrogen) atoms. The molecule has 8 N–H and O–H groups in total. The summed E-state index contributed by atoms with van der Waals surface area (Å²) in [5.41, 5.74) is 6.28. The molecule has 0 saturated carbocycles. The van der Waals surface area contributed by atoms with Crippen LogP contribution < -0.4 is 21.7 Å². The smallest absolute Gasteiger partial charge is 0.326 e. The number of rotatable bonds is 14. The molecular formula is C25H40N4O7. The Labute approximate surface area is 211 Å². The molecule has 0 aliphatic heterocycles. The molecule has 0 aliphatic rings. The molecule has 11 heteroatoms. The summed E-state index contributed by atoms with van der Waals surface area (Å²) in [4.78, 5) is 50.3. The van der Waals surface area contributed by atoms with E-state index in [9.17, 15) is 34.5 Å². The quantitative estimate of drug-likeness (QED) is 0.186. The van der Waals surface area contributed by atoms with Crippen LogP contribution in [0.4, 0.5) is 0 Å². The van der Waals surface area contributed by atoms with Crippen molar-refractivity contribution in [3.05, 3.63) is 29.8 Å². The zero-order valence-electron chi connectivity index (χ0n) is 21.5. The minimum absolute atomic E-state index is 0.0109. The Hall–Kier alpha value is -3.18. The van der Waals surface area contributed by atoms with Gasteiger partial charge >= 0.3 is 5.97 Å². The van der Waals surface area contributed by atoms with Crippen molar-refractivity contribution in [2.24, 2.45) is 17.6 Å². The number of nitrogens with two attached hydrogens (primary N) is 1. The van der Waals surface area contributed by atoms with E-state index < -0.39 is 54.0 Å². The normalized spacial score (nSPS) is 15.5. The molecule has 5 unspecified atom stereocenters. The van der Waals surface area contributed by atoms with E-state index in [2.05, 4.69) is 16.0 Å². The lowest BCUT2D eigenvalue weighted by Gasteiger charge is -2.27. The van der Waals surface area contributed by atoms with Gasteiger partial charge in [0, 0.05) is 6.42 Å². The second kappa shape index (κ2) is 14.4. The number of aromatic hydroxyl groups is 1. The highest BCUT2D eigenvalue weighted by Gasteiger charge is 2.31. The number of amides is 3. The Morgan fingerprint density at radius 2 is 1.19 bits per heavy atom. The van der Waals surface area contributed by atoms with Crippen molar-refractivity contribution >= 4 is 23.7 Å². The summed E-state index contributed by atoms with van der Waals surface area (Å²) in [7, 11) is 0. The maximum atomic E-state index is 13.1. The van der Waals surface area contributed by atoms with E-state index >= 15 is 0 Å². The topological polar surface area (TPSA) is 191 Å². The molecule has 0 radical (unpaired) electrons. The number of phenolic OH excluding ortho intramolecular Hbond substituents is 1. The fraction of sp³-hybridized carbons (Fsp3) is 0.600. The lowest BCUT2D eigenvalue weighted by molar-refractivity contribution is -0.142. The predicted octanol–water partition coefficient (Wildman–Crippen LogP) is 0.274. The SMILES string of the molecule is CC(C)CC(NC(=O)C(CC(C)C)NC(=O)C(N)C(C)O)C(=O)NC(Cc1ccc(O)cc1)C(=O)O. The van der Waals surface area contributed by atoms with E-state index in [0.717, 1.165) is 0 Å². The molecule has 0 fully saturated rings. The van der Waals surface area contributed by atoms with Gasteiger partial charge in [-0.15, -0.1) is 0 Å². The van der Waals surface area contributed by atoms with Crippen LogP contribution in [0.25, 0.3) is 0 Å². The molecular weight excluding hydrogens is 468 g/mol. The average Bonchev–Trinajstić information content (AvgIpc) is 2.77. The van der Waals surface area contributed by atoms with Gasteiger partial charge in [0.2, 0.25) is 17.7 Å². The zero-order chi connectivity index (χ0) is 27.6. The van der Waals surface area contributed by atoms with E-state index in [4.69, 9.17) is 5.73 Å². The van der Waals surface area contributed by atoms with Crippen LogP contribution in [-0.2, 0) is 25.6 Å². The number of nitrogens with one attached hydrogen (secondary N) is 3. The van der Waals surface area contributed by atoms with Gasteiger partial charge in [0.25, 0.3) is 0 Å². The second-order valence-electron chi connectivity index (χ2n) is 9.92. The summed E-state index contributed by atoms with van der Waals surface area (Å²) in [5, 5.41) is 36.3. The van der Waals surface area contributed by atoms with Gasteiger partial charge in [-0.3, -0.25) is 14.4 Å². The molecule has 0 aromatic heterocycles. The summed E-state index contributed by atoms with van der Waals surface area (Å²) >= 11 is 0. The number of benzene rings is 1. The molecule has 0 spiro atoms. The van der Waals surface area contributed by atoms with Gasteiger partial charge in [0.1, 0.15) is 29.9 Å². The average molecular weight is 509 g/mol. The van der Waals surface area contributed by atoms with E-state index in [1.54, 1.807) is 12.1 Å². The maximum Gasteiger partial charge on any atom is 0.326 e. The Kier molecular flexibility index (Phi) is 12.3. The van der Waals surface area contributed by atoms with Crippen LogP contribution in [0, 0.1) is 11.8 Å². The molecule has 0 heterocycles. The number of carboxylic acid groups (broad SMARTS) is 1. The van der Waals surface area contributed by atoms with Gasteiger partial charge < -0.3 is 37.0 Å². The van der Waals surface area contributed by atoms with Crippen LogP contribution in [0.5, 0.6) is 5.75 Å². The first kappa shape index (κ1) is 30.9. The first-order chi connectivity index (χ1) is 16.7. The summed E-state index contributed by atoms with van der Waals surface area (Å²) in [6, 6.07) is 1.43. The molecule has 1 rings (SSSR count). The van der Waals surface area contributed by atoms with Crippen LogP contribution >= 0.6 is 0 Å². The number of aliphatic hydroxyl groups excluding tert-OH is 1. The fourth-order valence-corrected chi connectivity index (χ4v) is 3.51. The number of hydrogen-bond acceptors (Lipinski definition) is 7. The van der Waals surface area contributed by atoms with Crippen LogP contribution in [0.1, 0.15) is 53.0 Å². The minimum atomic E-state index is -1.26. The van der Waals surface area contributed by atoms with Gasteiger partial charge in [0.15, 0.2) is 0 Å². The number of hydrogen-bond donors (Lipinski definition) is 7. The van der Waals surface area contributed by atoms with Crippen LogP contribution in [0.2, 0.25) is 0 Å². The van der Waals surface area contributed by atoms with Gasteiger partial charge in [-0.05, 0) is 49.3 Å². The van der Waals surface area contributed by atoms with Crippen molar-refractivity contribution in [2.45, 2.75) is 84.2 Å². The van der Waals surface area contributed by atoms with Gasteiger partial charge in [-0.2, -0.15) is 0 Å². The summed E-state index contributed by atoms with van der Waals surface area (Å²) in [5.74, 6) is -3.18. The largest absolute Gasteiger partial charge is 0.508 e. The Balaban J connectivity index is 3.02. The third kappa shape index (κ3) is 10.6. The minimum Gasteiger partial charge on any atom is -0.508 e. The van der Waals surface area contributed by atoms with E-state index in [-0.39, 0.29) is 36.8 Å². The molecule has 0 bridgehead atoms. The molecule has 202 valence electrons. The number of aliphatic hydroxyl groups is 1. The monoisotopic (exact) mass is 508 g/mol. The first-order valence-corrected chi connectivity index (χ1v) is 12.1. The molecule has 0 aliphatic carbocycles. The Morgan fingerprint density at radius 3 is 1.58 bits per heavy atom. The highest BCUT2D eigenvalue weighted by atomic mass is 16.4. The molecule has 11 nitrogen and oxygen atoms in total. The summed E-state index contributed by atoms with van der Waals surface area (Å²) < 4.78 is 0. The third-order valence-corrected chi connectivity index (χ3v) is 5.49. The zero-order valence-corrected chi connectivity index (χ0v) is 21.5. The van der Waals surface area contributed by atoms with E-state index in [1.807, 2.05) is 27.7 Å². The van der Waals surface area contributed by atoms with Crippen molar-refractivity contribution in [1.82, 2.24) is 16.0 Å². The standard InChI is InChI=1S/C25H40N4O7/c1-13(2)10-18(23(33)29-20(25(35)36)12-16-6-8-17(31)9-7-16)27-22(32)19(11-14(3)4)28-24(34)21(26)15(5)30/h6-9,13-15,18-21,30-31H,10-12,26H2,1-5H3,(H,27,32)(H,28,34)(H,29,33)(H,35,36). The maximum absolute atomic E-state index is 13.1. The second-order valence-corrected chi connectivity index (χ2v) is 9.92. The van der Waals surface area contributed by atoms with Gasteiger partial charge in [-0.1, -0.05) is 39.8 Å². The van der Waals surface area contributed by atoms with Crippen molar-refractivity contribution in [3.63, 3.8) is 0 Å². The first-order valence-electron chi connectivity index (χ1n) is 12.1. The molecule has 1 aromatic rings. The lowest BCUT2D eigenvalue weighted by Crippen LogP contribution is -2.58. The molecule has 1 aromatic carbocycles. The van der Waals surface area contributed by atoms with Gasteiger partial charge in [-0.25, -0.2) is 4.79 Å². The highest BCUT2D eigenvalue weighted by molar-refractivity contribution is 5.94. The molecule has 0 saturated heterocycles. The fourth-order valence-electron chi connectivity index (χ4n) is 3.51. The lowest BCUT2D eigenvalue weighted by atomic mass is 9.99. The molecule has 5 atom stereocenters. The number of carbonyl (C=O) groups excluding carboxylic acids is 3. The number of carboxylic acids is 1. The van der Waals surface area contributed by atoms with Crippen molar-refractivity contribution in [2.75, 3.05) is 0 Å². The Bertz CT molecular complexity index is 887. The highest BCUT2D eigenvalue weighted by Crippen LogP contribution is 2.13. The number of aliphatic carboxylic acids is 1. The Morgan fingerprint density at radius 1 is 0.778 bits per heavy atom. The summed E-state index contributed by atoms with van der Waals surface area (Å²) in [6.45, 7) is 8.79.